The van der Waals surface area contributed by atoms with Crippen LogP contribution in [0.25, 0.3) is 21.8 Å². The predicted octanol–water partition coefficient (Wildman–Crippen LogP) is 7.45. The quantitative estimate of drug-likeness (QED) is 0.273. The molecule has 0 bridgehead atoms. The fraction of sp³-hybridized carbons (Fsp3) is 0.107. The maximum atomic E-state index is 12.0. The molecule has 0 atom stereocenters. The Kier molecular flexibility index (Phi) is 6.12. The maximum absolute atomic E-state index is 12.0. The van der Waals surface area contributed by atoms with E-state index in [1.165, 1.54) is 5.69 Å². The van der Waals surface area contributed by atoms with Crippen molar-refractivity contribution in [3.05, 3.63) is 107 Å². The zero-order valence-corrected chi connectivity index (χ0v) is 19.7. The minimum atomic E-state index is 0.685. The third-order valence-electron chi connectivity index (χ3n) is 5.86. The van der Waals surface area contributed by atoms with Crippen molar-refractivity contribution >= 4 is 34.6 Å². The number of fused-ring (bicyclic) bond motifs is 1. The van der Waals surface area contributed by atoms with E-state index in [-0.39, 0.29) is 0 Å². The van der Waals surface area contributed by atoms with E-state index in [1.54, 1.807) is 18.9 Å². The summed E-state index contributed by atoms with van der Waals surface area (Å²) in [5, 5.41) is 0.685. The van der Waals surface area contributed by atoms with Crippen LogP contribution in [0.5, 0.6) is 5.75 Å². The molecule has 1 aromatic heterocycles. The number of aldehydes is 1. The molecule has 4 aromatic rings. The number of carbonyl (C=O) groups excluding carboxylic acids is 1. The second-order valence-corrected chi connectivity index (χ2v) is 9.25. The Morgan fingerprint density at radius 3 is 2.36 bits per heavy atom. The van der Waals surface area contributed by atoms with Crippen LogP contribution in [-0.4, -0.2) is 18.0 Å². The van der Waals surface area contributed by atoms with E-state index >= 15 is 0 Å². The molecule has 1 aliphatic carbocycles. The first-order valence-corrected chi connectivity index (χ1v) is 11.9. The van der Waals surface area contributed by atoms with E-state index in [0.717, 1.165) is 56.3 Å². The number of aromatic nitrogens is 1. The Bertz CT molecular complexity index is 1340. The summed E-state index contributed by atoms with van der Waals surface area (Å²) in [6.45, 7) is 0. The number of benzene rings is 3. The summed E-state index contributed by atoms with van der Waals surface area (Å²) in [5.74, 6) is 0.819. The highest BCUT2D eigenvalue weighted by Crippen LogP contribution is 2.47. The van der Waals surface area contributed by atoms with Crippen LogP contribution in [0.3, 0.4) is 0 Å². The van der Waals surface area contributed by atoms with Crippen molar-refractivity contribution in [3.63, 3.8) is 0 Å². The molecule has 5 rings (SSSR count). The lowest BCUT2D eigenvalue weighted by Crippen LogP contribution is -2.09. The average Bonchev–Trinajstić information content (AvgIpc) is 3.26. The van der Waals surface area contributed by atoms with E-state index in [2.05, 4.69) is 34.9 Å². The highest BCUT2D eigenvalue weighted by molar-refractivity contribution is 8.08. The van der Waals surface area contributed by atoms with Gasteiger partial charge in [0.25, 0.3) is 0 Å². The number of methoxy groups -OCH3 is 1. The Labute approximate surface area is 202 Å². The molecule has 0 aliphatic heterocycles. The zero-order chi connectivity index (χ0) is 22.8. The van der Waals surface area contributed by atoms with Gasteiger partial charge in [-0.1, -0.05) is 65.8 Å². The molecule has 0 N–H and O–H groups in total. The monoisotopic (exact) mass is 471 g/mol. The molecular formula is C28H22ClNO2S. The third-order valence-corrected chi connectivity index (χ3v) is 7.57. The van der Waals surface area contributed by atoms with Gasteiger partial charge in [-0.15, -0.1) is 0 Å². The highest BCUT2D eigenvalue weighted by Gasteiger charge is 2.27. The number of nitrogens with zero attached hydrogens (tertiary/aromatic N) is 1. The van der Waals surface area contributed by atoms with Crippen LogP contribution >= 0.6 is 23.4 Å². The van der Waals surface area contributed by atoms with Gasteiger partial charge < -0.3 is 9.30 Å². The Balaban J connectivity index is 1.71. The molecule has 3 aromatic carbocycles. The second-order valence-electron chi connectivity index (χ2n) is 7.79. The summed E-state index contributed by atoms with van der Waals surface area (Å²) in [6, 6.07) is 28.4. The number of halogens is 1. The van der Waals surface area contributed by atoms with Gasteiger partial charge in [-0.25, -0.2) is 0 Å². The van der Waals surface area contributed by atoms with Crippen LogP contribution in [-0.2, 0) is 11.2 Å². The van der Waals surface area contributed by atoms with E-state index in [1.807, 2.05) is 54.6 Å². The van der Waals surface area contributed by atoms with Crippen LogP contribution in [0.2, 0.25) is 5.02 Å². The number of hydrogen-bond acceptors (Lipinski definition) is 3. The molecule has 164 valence electrons. The molecule has 0 spiro atoms. The van der Waals surface area contributed by atoms with Crippen molar-refractivity contribution in [1.82, 2.24) is 4.57 Å². The SMILES string of the molecule is COc1ccc(-n2c(-c3ccccc3)cc3c2CCC(C=O)=C3Sc2ccccc2Cl)cc1. The third kappa shape index (κ3) is 4.12. The molecule has 0 radical (unpaired) electrons. The number of thioether (sulfide) groups is 1. The Morgan fingerprint density at radius 1 is 0.939 bits per heavy atom. The summed E-state index contributed by atoms with van der Waals surface area (Å²) >= 11 is 8.04. The lowest BCUT2D eigenvalue weighted by molar-refractivity contribution is -0.105. The fourth-order valence-corrected chi connectivity index (χ4v) is 5.60. The largest absolute Gasteiger partial charge is 0.497 e. The van der Waals surface area contributed by atoms with E-state index in [4.69, 9.17) is 16.3 Å². The van der Waals surface area contributed by atoms with Crippen molar-refractivity contribution in [3.8, 4) is 22.7 Å². The number of allylic oxidation sites excluding steroid dienone is 1. The predicted molar refractivity (Wildman–Crippen MR) is 136 cm³/mol. The van der Waals surface area contributed by atoms with Crippen LogP contribution < -0.4 is 4.74 Å². The lowest BCUT2D eigenvalue weighted by atomic mass is 9.98. The smallest absolute Gasteiger partial charge is 0.147 e. The zero-order valence-electron chi connectivity index (χ0n) is 18.1. The second kappa shape index (κ2) is 9.34. The summed E-state index contributed by atoms with van der Waals surface area (Å²) in [5.41, 5.74) is 6.38. The van der Waals surface area contributed by atoms with Gasteiger partial charge in [0.1, 0.15) is 12.0 Å². The van der Waals surface area contributed by atoms with Gasteiger partial charge in [0, 0.05) is 32.3 Å². The molecular weight excluding hydrogens is 450 g/mol. The molecule has 0 amide bonds. The van der Waals surface area contributed by atoms with Crippen LogP contribution in [0, 0.1) is 0 Å². The van der Waals surface area contributed by atoms with Gasteiger partial charge in [-0.2, -0.15) is 0 Å². The normalized spacial score (nSPS) is 13.0. The molecule has 5 heteroatoms. The molecule has 0 unspecified atom stereocenters. The molecule has 3 nitrogen and oxygen atoms in total. The van der Waals surface area contributed by atoms with Crippen LogP contribution in [0.15, 0.2) is 95.4 Å². The molecule has 0 saturated heterocycles. The minimum Gasteiger partial charge on any atom is -0.497 e. The van der Waals surface area contributed by atoms with E-state index < -0.39 is 0 Å². The first-order valence-electron chi connectivity index (χ1n) is 10.7. The van der Waals surface area contributed by atoms with Gasteiger partial charge in [-0.05, 0) is 60.9 Å². The minimum absolute atomic E-state index is 0.685. The fourth-order valence-electron chi connectivity index (χ4n) is 4.25. The number of rotatable bonds is 6. The Hall–Kier alpha value is -3.21. The molecule has 1 aliphatic rings. The van der Waals surface area contributed by atoms with Crippen LogP contribution in [0.1, 0.15) is 17.7 Å². The first kappa shape index (κ1) is 21.6. The van der Waals surface area contributed by atoms with E-state index in [9.17, 15) is 4.79 Å². The van der Waals surface area contributed by atoms with Gasteiger partial charge >= 0.3 is 0 Å². The van der Waals surface area contributed by atoms with E-state index in [0.29, 0.717) is 11.4 Å². The van der Waals surface area contributed by atoms with Gasteiger partial charge in [0.2, 0.25) is 0 Å². The molecule has 1 heterocycles. The van der Waals surface area contributed by atoms with Gasteiger partial charge in [0.05, 0.1) is 17.8 Å². The number of carbonyl (C=O) groups is 1. The van der Waals surface area contributed by atoms with Crippen molar-refractivity contribution in [2.75, 3.05) is 7.11 Å². The summed E-state index contributed by atoms with van der Waals surface area (Å²) in [4.78, 5) is 14.0. The molecule has 33 heavy (non-hydrogen) atoms. The number of hydrogen-bond donors (Lipinski definition) is 0. The van der Waals surface area contributed by atoms with Crippen LogP contribution in [0.4, 0.5) is 0 Å². The maximum Gasteiger partial charge on any atom is 0.147 e. The first-order chi connectivity index (χ1) is 16.2. The van der Waals surface area contributed by atoms with Crippen molar-refractivity contribution in [1.29, 1.82) is 0 Å². The molecule has 0 saturated carbocycles. The number of ether oxygens (including phenoxy) is 1. The summed E-state index contributed by atoms with van der Waals surface area (Å²) in [6.07, 6.45) is 2.47. The average molecular weight is 472 g/mol. The molecule has 0 fully saturated rings. The lowest BCUT2D eigenvalue weighted by Gasteiger charge is -2.21. The standard InChI is InChI=1S/C28H22ClNO2S/c1-32-22-14-12-21(13-15-22)30-25-16-11-20(18-31)28(33-27-10-6-5-9-24(27)29)23(25)17-26(30)19-7-3-2-4-8-19/h2-10,12-15,17-18H,11,16H2,1H3. The summed E-state index contributed by atoms with van der Waals surface area (Å²) < 4.78 is 7.67. The topological polar surface area (TPSA) is 31.2 Å². The Morgan fingerprint density at radius 2 is 1.67 bits per heavy atom. The van der Waals surface area contributed by atoms with Gasteiger partial charge in [0.15, 0.2) is 0 Å². The van der Waals surface area contributed by atoms with Gasteiger partial charge in [-0.3, -0.25) is 4.79 Å². The van der Waals surface area contributed by atoms with Crippen molar-refractivity contribution in [2.24, 2.45) is 0 Å². The highest BCUT2D eigenvalue weighted by atomic mass is 35.5. The van der Waals surface area contributed by atoms with Crippen molar-refractivity contribution < 1.29 is 9.53 Å². The van der Waals surface area contributed by atoms with Crippen molar-refractivity contribution in [2.45, 2.75) is 17.7 Å². The summed E-state index contributed by atoms with van der Waals surface area (Å²) in [7, 11) is 1.67.